The fourth-order valence-corrected chi connectivity index (χ4v) is 2.12. The number of hydrogen-bond acceptors (Lipinski definition) is 2. The van der Waals surface area contributed by atoms with E-state index < -0.39 is 17.6 Å². The van der Waals surface area contributed by atoms with Crippen LogP contribution in [0.4, 0.5) is 29.1 Å². The van der Waals surface area contributed by atoms with Gasteiger partial charge in [-0.2, -0.15) is 13.2 Å². The molecular formula is C12H6BrClF4N2. The van der Waals surface area contributed by atoms with E-state index in [1.54, 1.807) is 6.07 Å². The molecule has 0 aliphatic carbocycles. The Kier molecular flexibility index (Phi) is 4.19. The number of hydrogen-bond donors (Lipinski definition) is 1. The molecule has 0 bridgehead atoms. The second-order valence-electron chi connectivity index (χ2n) is 3.78. The molecule has 1 heterocycles. The molecule has 0 atom stereocenters. The zero-order valence-corrected chi connectivity index (χ0v) is 11.9. The Labute approximate surface area is 124 Å². The molecule has 0 saturated carbocycles. The monoisotopic (exact) mass is 368 g/mol. The van der Waals surface area contributed by atoms with Gasteiger partial charge < -0.3 is 5.32 Å². The maximum atomic E-state index is 13.6. The highest BCUT2D eigenvalue weighted by Gasteiger charge is 2.31. The number of para-hydroxylation sites is 1. The highest BCUT2D eigenvalue weighted by molar-refractivity contribution is 9.10. The topological polar surface area (TPSA) is 24.9 Å². The number of nitrogens with zero attached hydrogens (tertiary/aromatic N) is 1. The Balaban J connectivity index is 2.42. The molecule has 20 heavy (non-hydrogen) atoms. The van der Waals surface area contributed by atoms with Gasteiger partial charge in [-0.15, -0.1) is 0 Å². The summed E-state index contributed by atoms with van der Waals surface area (Å²) >= 11 is 8.64. The molecule has 1 aromatic carbocycles. The summed E-state index contributed by atoms with van der Waals surface area (Å²) in [5.41, 5.74) is -0.983. The Morgan fingerprint density at radius 1 is 1.20 bits per heavy atom. The molecule has 0 spiro atoms. The van der Waals surface area contributed by atoms with Crippen molar-refractivity contribution in [3.05, 3.63) is 51.3 Å². The minimum absolute atomic E-state index is 0.0182. The smallest absolute Gasteiger partial charge is 0.337 e. The summed E-state index contributed by atoms with van der Waals surface area (Å²) in [6.07, 6.45) is -4.56. The van der Waals surface area contributed by atoms with Crippen LogP contribution in [0.5, 0.6) is 0 Å². The molecule has 8 heteroatoms. The summed E-state index contributed by atoms with van der Waals surface area (Å²) in [6, 6.07) is 5.62. The molecule has 0 amide bonds. The number of pyridine rings is 1. The van der Waals surface area contributed by atoms with Gasteiger partial charge in [0.1, 0.15) is 16.8 Å². The van der Waals surface area contributed by atoms with Gasteiger partial charge in [-0.3, -0.25) is 0 Å². The van der Waals surface area contributed by atoms with Crippen LogP contribution in [-0.2, 0) is 6.18 Å². The van der Waals surface area contributed by atoms with Gasteiger partial charge in [0, 0.05) is 4.47 Å². The van der Waals surface area contributed by atoms with Crippen LogP contribution in [0.1, 0.15) is 5.56 Å². The third-order valence-corrected chi connectivity index (χ3v) is 3.19. The van der Waals surface area contributed by atoms with Crippen LogP contribution < -0.4 is 5.32 Å². The molecule has 1 N–H and O–H groups in total. The number of nitrogens with one attached hydrogen (secondary N) is 1. The minimum Gasteiger partial charge on any atom is -0.337 e. The van der Waals surface area contributed by atoms with Crippen LogP contribution in [0.2, 0.25) is 5.15 Å². The highest BCUT2D eigenvalue weighted by Crippen LogP contribution is 2.34. The van der Waals surface area contributed by atoms with E-state index in [-0.39, 0.29) is 16.7 Å². The Morgan fingerprint density at radius 3 is 2.50 bits per heavy atom. The summed E-state index contributed by atoms with van der Waals surface area (Å²) in [6.45, 7) is 0. The van der Waals surface area contributed by atoms with Gasteiger partial charge in [0.2, 0.25) is 0 Å². The number of aromatic nitrogens is 1. The lowest BCUT2D eigenvalue weighted by atomic mass is 10.2. The zero-order chi connectivity index (χ0) is 14.9. The van der Waals surface area contributed by atoms with E-state index in [2.05, 4.69) is 26.2 Å². The van der Waals surface area contributed by atoms with E-state index >= 15 is 0 Å². The Bertz CT molecular complexity index is 626. The van der Waals surface area contributed by atoms with Crippen molar-refractivity contribution in [2.45, 2.75) is 6.18 Å². The van der Waals surface area contributed by atoms with Gasteiger partial charge in [0.15, 0.2) is 0 Å². The second-order valence-corrected chi connectivity index (χ2v) is 5.02. The number of alkyl halides is 3. The summed E-state index contributed by atoms with van der Waals surface area (Å²) in [5, 5.41) is 2.14. The molecule has 0 aliphatic heterocycles. The predicted molar refractivity (Wildman–Crippen MR) is 71.6 cm³/mol. The van der Waals surface area contributed by atoms with Gasteiger partial charge in [0.05, 0.1) is 11.3 Å². The molecule has 2 nitrogen and oxygen atoms in total. The van der Waals surface area contributed by atoms with Gasteiger partial charge in [-0.05, 0) is 40.2 Å². The zero-order valence-electron chi connectivity index (χ0n) is 9.60. The first-order chi connectivity index (χ1) is 9.27. The lowest BCUT2D eigenvalue weighted by Gasteiger charge is -2.12. The molecule has 0 unspecified atom stereocenters. The molecule has 0 fully saturated rings. The van der Waals surface area contributed by atoms with Crippen LogP contribution >= 0.6 is 27.5 Å². The number of benzene rings is 1. The van der Waals surface area contributed by atoms with Gasteiger partial charge in [0.25, 0.3) is 0 Å². The summed E-state index contributed by atoms with van der Waals surface area (Å²) in [7, 11) is 0. The third-order valence-electron chi connectivity index (χ3n) is 2.34. The number of halogens is 6. The van der Waals surface area contributed by atoms with Crippen molar-refractivity contribution in [2.75, 3.05) is 5.32 Å². The van der Waals surface area contributed by atoms with E-state index in [4.69, 9.17) is 11.6 Å². The fourth-order valence-electron chi connectivity index (χ4n) is 1.47. The van der Waals surface area contributed by atoms with E-state index in [9.17, 15) is 17.6 Å². The third kappa shape index (κ3) is 3.40. The van der Waals surface area contributed by atoms with Gasteiger partial charge in [-0.25, -0.2) is 9.37 Å². The molecule has 0 saturated heterocycles. The molecule has 106 valence electrons. The van der Waals surface area contributed by atoms with E-state index in [0.717, 1.165) is 6.07 Å². The lowest BCUT2D eigenvalue weighted by molar-refractivity contribution is -0.137. The van der Waals surface area contributed by atoms with E-state index in [1.807, 2.05) is 0 Å². The fraction of sp³-hybridized carbons (Fsp3) is 0.0833. The largest absolute Gasteiger partial charge is 0.416 e. The summed E-state index contributed by atoms with van der Waals surface area (Å²) < 4.78 is 51.9. The Hall–Kier alpha value is -1.34. The van der Waals surface area contributed by atoms with E-state index in [0.29, 0.717) is 10.5 Å². The minimum atomic E-state index is -4.56. The van der Waals surface area contributed by atoms with Crippen molar-refractivity contribution in [1.82, 2.24) is 4.98 Å². The van der Waals surface area contributed by atoms with Gasteiger partial charge in [-0.1, -0.05) is 17.7 Å². The van der Waals surface area contributed by atoms with Crippen molar-refractivity contribution in [3.8, 4) is 0 Å². The highest BCUT2D eigenvalue weighted by atomic mass is 79.9. The van der Waals surface area contributed by atoms with Crippen LogP contribution in [0.3, 0.4) is 0 Å². The SMILES string of the molecule is Fc1cccc(Br)c1Nc1cc(C(F)(F)F)cc(Cl)n1. The van der Waals surface area contributed by atoms with Crippen molar-refractivity contribution in [3.63, 3.8) is 0 Å². The average molecular weight is 370 g/mol. The standard InChI is InChI=1S/C12H6BrClF4N2/c13-7-2-1-3-8(15)11(7)20-10-5-6(12(16,17)18)4-9(14)19-10/h1-5H,(H,19,20). The quantitative estimate of drug-likeness (QED) is 0.566. The van der Waals surface area contributed by atoms with Gasteiger partial charge >= 0.3 is 6.18 Å². The van der Waals surface area contributed by atoms with Crippen LogP contribution in [0.25, 0.3) is 0 Å². The van der Waals surface area contributed by atoms with Crippen molar-refractivity contribution >= 4 is 39.0 Å². The van der Waals surface area contributed by atoms with Crippen LogP contribution in [-0.4, -0.2) is 4.98 Å². The van der Waals surface area contributed by atoms with Crippen LogP contribution in [0, 0.1) is 5.82 Å². The number of anilines is 2. The lowest BCUT2D eigenvalue weighted by Crippen LogP contribution is -2.07. The molecular weight excluding hydrogens is 363 g/mol. The molecule has 0 aliphatic rings. The average Bonchev–Trinajstić information content (AvgIpc) is 2.32. The number of rotatable bonds is 2. The Morgan fingerprint density at radius 2 is 1.90 bits per heavy atom. The predicted octanol–water partition coefficient (Wildman–Crippen LogP) is 5.40. The van der Waals surface area contributed by atoms with E-state index in [1.165, 1.54) is 12.1 Å². The summed E-state index contributed by atoms with van der Waals surface area (Å²) in [5.74, 6) is -0.828. The van der Waals surface area contributed by atoms with Crippen molar-refractivity contribution < 1.29 is 17.6 Å². The maximum absolute atomic E-state index is 13.6. The summed E-state index contributed by atoms with van der Waals surface area (Å²) in [4.78, 5) is 3.69. The molecule has 2 rings (SSSR count). The normalized spacial score (nSPS) is 11.5. The molecule has 1 aromatic heterocycles. The first kappa shape index (κ1) is 15.1. The second kappa shape index (κ2) is 5.57. The van der Waals surface area contributed by atoms with Crippen molar-refractivity contribution in [1.29, 1.82) is 0 Å². The first-order valence-corrected chi connectivity index (χ1v) is 6.40. The molecule has 2 aromatic rings. The van der Waals surface area contributed by atoms with Crippen LogP contribution in [0.15, 0.2) is 34.8 Å². The van der Waals surface area contributed by atoms with Crippen molar-refractivity contribution in [2.24, 2.45) is 0 Å². The molecule has 0 radical (unpaired) electrons. The first-order valence-electron chi connectivity index (χ1n) is 5.23. The maximum Gasteiger partial charge on any atom is 0.416 e.